The van der Waals surface area contributed by atoms with Crippen molar-refractivity contribution < 1.29 is 17.9 Å². The van der Waals surface area contributed by atoms with Crippen LogP contribution >= 0.6 is 0 Å². The molecule has 0 bridgehead atoms. The van der Waals surface area contributed by atoms with Crippen LogP contribution in [0, 0.1) is 6.92 Å². The van der Waals surface area contributed by atoms with Crippen molar-refractivity contribution in [2.75, 3.05) is 6.61 Å². The van der Waals surface area contributed by atoms with E-state index in [1.54, 1.807) is 12.4 Å². The number of imidazole rings is 1. The van der Waals surface area contributed by atoms with Gasteiger partial charge in [-0.1, -0.05) is 12.1 Å². The van der Waals surface area contributed by atoms with E-state index in [2.05, 4.69) is 15.1 Å². The van der Waals surface area contributed by atoms with Crippen LogP contribution in [0.2, 0.25) is 0 Å². The van der Waals surface area contributed by atoms with E-state index in [-0.39, 0.29) is 5.92 Å². The Bertz CT molecular complexity index is 1390. The lowest BCUT2D eigenvalue weighted by Gasteiger charge is -2.22. The van der Waals surface area contributed by atoms with Gasteiger partial charge in [0.25, 0.3) is 0 Å². The van der Waals surface area contributed by atoms with Gasteiger partial charge in [-0.05, 0) is 68.7 Å². The van der Waals surface area contributed by atoms with Crippen LogP contribution in [0.1, 0.15) is 59.8 Å². The molecule has 0 saturated carbocycles. The lowest BCUT2D eigenvalue weighted by atomic mass is 9.90. The second-order valence-corrected chi connectivity index (χ2v) is 8.61. The maximum Gasteiger partial charge on any atom is 0.416 e. The zero-order chi connectivity index (χ0) is 25.3. The number of rotatable bonds is 6. The second kappa shape index (κ2) is 9.60. The number of hydrogen-bond acceptors (Lipinski definition) is 5. The summed E-state index contributed by atoms with van der Waals surface area (Å²) in [6.45, 7) is 5.02. The van der Waals surface area contributed by atoms with Crippen LogP contribution in [-0.4, -0.2) is 35.9 Å². The summed E-state index contributed by atoms with van der Waals surface area (Å²) >= 11 is 0. The first-order valence-electron chi connectivity index (χ1n) is 11.8. The number of fused-ring (bicyclic) bond motifs is 1. The maximum absolute atomic E-state index is 13.0. The van der Waals surface area contributed by atoms with Gasteiger partial charge in [-0.25, -0.2) is 19.6 Å². The molecule has 1 aliphatic rings. The number of benzene rings is 1. The first-order chi connectivity index (χ1) is 17.3. The Hall–Kier alpha value is -3.95. The molecular weight excluding hydrogens is 469 g/mol. The van der Waals surface area contributed by atoms with Crippen molar-refractivity contribution in [2.24, 2.45) is 0 Å². The van der Waals surface area contributed by atoms with Crippen LogP contribution in [0.5, 0.6) is 5.88 Å². The molecule has 186 valence electrons. The zero-order valence-electron chi connectivity index (χ0n) is 19.9. The topological polar surface area (TPSA) is 70.7 Å². The van der Waals surface area contributed by atoms with Crippen LogP contribution in [0.15, 0.2) is 48.9 Å². The second-order valence-electron chi connectivity index (χ2n) is 8.61. The molecular formula is C26H25F3N6O. The third kappa shape index (κ3) is 4.89. The van der Waals surface area contributed by atoms with E-state index in [4.69, 9.17) is 9.72 Å². The third-order valence-corrected chi connectivity index (χ3v) is 6.07. The first kappa shape index (κ1) is 23.8. The highest BCUT2D eigenvalue weighted by atomic mass is 19.4. The number of alkyl halides is 3. The first-order valence-corrected chi connectivity index (χ1v) is 11.8. The molecule has 1 aliphatic heterocycles. The van der Waals surface area contributed by atoms with Crippen LogP contribution in [-0.2, 0) is 12.7 Å². The molecule has 0 unspecified atom stereocenters. The number of halogens is 3. The molecule has 1 aromatic carbocycles. The van der Waals surface area contributed by atoms with E-state index in [0.29, 0.717) is 24.0 Å². The summed E-state index contributed by atoms with van der Waals surface area (Å²) < 4.78 is 48.3. The SMILES string of the molecule is CCOc1nc(/C=C/c2nc3n(n2)CCC[C@@H]3c2ccc(C(F)(F)F)cc2)ccc1-n1cnc(C)c1. The van der Waals surface area contributed by atoms with Crippen molar-refractivity contribution in [1.29, 1.82) is 0 Å². The Morgan fingerprint density at radius 3 is 2.58 bits per heavy atom. The number of ether oxygens (including phenoxy) is 1. The van der Waals surface area contributed by atoms with Gasteiger partial charge < -0.3 is 9.30 Å². The van der Waals surface area contributed by atoms with Crippen LogP contribution in [0.3, 0.4) is 0 Å². The summed E-state index contributed by atoms with van der Waals surface area (Å²) in [5, 5.41) is 4.59. The van der Waals surface area contributed by atoms with E-state index in [0.717, 1.165) is 54.3 Å². The Labute approximate surface area is 206 Å². The van der Waals surface area contributed by atoms with Crippen molar-refractivity contribution >= 4 is 12.2 Å². The van der Waals surface area contributed by atoms with Crippen LogP contribution in [0.4, 0.5) is 13.2 Å². The molecule has 4 heterocycles. The molecule has 4 aromatic rings. The van der Waals surface area contributed by atoms with Crippen molar-refractivity contribution in [2.45, 2.75) is 45.3 Å². The van der Waals surface area contributed by atoms with Crippen LogP contribution < -0.4 is 4.74 Å². The number of pyridine rings is 1. The lowest BCUT2D eigenvalue weighted by molar-refractivity contribution is -0.137. The molecule has 0 radical (unpaired) electrons. The summed E-state index contributed by atoms with van der Waals surface area (Å²) in [4.78, 5) is 13.6. The fourth-order valence-electron chi connectivity index (χ4n) is 4.35. The van der Waals surface area contributed by atoms with Crippen molar-refractivity contribution in [1.82, 2.24) is 29.3 Å². The molecule has 7 nitrogen and oxygen atoms in total. The van der Waals surface area contributed by atoms with E-state index in [9.17, 15) is 13.2 Å². The van der Waals surface area contributed by atoms with Gasteiger partial charge in [0.2, 0.25) is 5.88 Å². The zero-order valence-corrected chi connectivity index (χ0v) is 19.9. The quantitative estimate of drug-likeness (QED) is 0.345. The normalized spacial score (nSPS) is 15.9. The lowest BCUT2D eigenvalue weighted by Crippen LogP contribution is -2.18. The molecule has 1 atom stereocenters. The highest BCUT2D eigenvalue weighted by molar-refractivity contribution is 5.65. The molecule has 0 amide bonds. The average molecular weight is 495 g/mol. The standard InChI is InChI=1S/C26H25F3N6O/c1-3-36-25-22(34-15-17(2)30-16-34)12-10-20(31-25)11-13-23-32-24-21(5-4-14-35(24)33-23)18-6-8-19(9-7-18)26(27,28)29/h6-13,15-16,21H,3-5,14H2,1-2H3/b13-11+/t21-/m1/s1. The molecule has 36 heavy (non-hydrogen) atoms. The number of nitrogens with zero attached hydrogens (tertiary/aromatic N) is 6. The predicted octanol–water partition coefficient (Wildman–Crippen LogP) is 5.68. The molecule has 10 heteroatoms. The van der Waals surface area contributed by atoms with E-state index >= 15 is 0 Å². The number of aryl methyl sites for hydroxylation is 2. The molecule has 0 saturated heterocycles. The predicted molar refractivity (Wildman–Crippen MR) is 129 cm³/mol. The van der Waals surface area contributed by atoms with Gasteiger partial charge in [0.05, 0.1) is 29.9 Å². The Morgan fingerprint density at radius 1 is 1.08 bits per heavy atom. The molecule has 0 aliphatic carbocycles. The average Bonchev–Trinajstić information content (AvgIpc) is 3.48. The van der Waals surface area contributed by atoms with Gasteiger partial charge in [-0.2, -0.15) is 18.3 Å². The summed E-state index contributed by atoms with van der Waals surface area (Å²) in [6.07, 6.45) is 4.56. The monoisotopic (exact) mass is 494 g/mol. The van der Waals surface area contributed by atoms with Crippen molar-refractivity contribution in [3.63, 3.8) is 0 Å². The molecule has 3 aromatic heterocycles. The van der Waals surface area contributed by atoms with Crippen LogP contribution in [0.25, 0.3) is 17.8 Å². The largest absolute Gasteiger partial charge is 0.476 e. The highest BCUT2D eigenvalue weighted by Gasteiger charge is 2.31. The van der Waals surface area contributed by atoms with E-state index < -0.39 is 11.7 Å². The number of aromatic nitrogens is 6. The molecule has 0 spiro atoms. The number of hydrogen-bond donors (Lipinski definition) is 0. The molecule has 0 fully saturated rings. The van der Waals surface area contributed by atoms with Gasteiger partial charge in [0.1, 0.15) is 11.5 Å². The fraction of sp³-hybridized carbons (Fsp3) is 0.308. The van der Waals surface area contributed by atoms with E-state index in [1.807, 2.05) is 47.5 Å². The van der Waals surface area contributed by atoms with Crippen molar-refractivity contribution in [3.05, 3.63) is 83.1 Å². The Kier molecular flexibility index (Phi) is 6.34. The van der Waals surface area contributed by atoms with Gasteiger partial charge in [0, 0.05) is 18.7 Å². The third-order valence-electron chi connectivity index (χ3n) is 6.07. The minimum Gasteiger partial charge on any atom is -0.476 e. The summed E-state index contributed by atoms with van der Waals surface area (Å²) in [5.41, 5.74) is 2.53. The van der Waals surface area contributed by atoms with Gasteiger partial charge in [-0.15, -0.1) is 0 Å². The van der Waals surface area contributed by atoms with Gasteiger partial charge in [0.15, 0.2) is 5.82 Å². The van der Waals surface area contributed by atoms with E-state index in [1.165, 1.54) is 12.1 Å². The van der Waals surface area contributed by atoms with Gasteiger partial charge >= 0.3 is 6.18 Å². The highest BCUT2D eigenvalue weighted by Crippen LogP contribution is 2.35. The molecule has 5 rings (SSSR count). The summed E-state index contributed by atoms with van der Waals surface area (Å²) in [6, 6.07) is 9.13. The molecule has 0 N–H and O–H groups in total. The summed E-state index contributed by atoms with van der Waals surface area (Å²) in [5.74, 6) is 1.68. The Balaban J connectivity index is 1.39. The van der Waals surface area contributed by atoms with Crippen molar-refractivity contribution in [3.8, 4) is 11.6 Å². The summed E-state index contributed by atoms with van der Waals surface area (Å²) in [7, 11) is 0. The smallest absolute Gasteiger partial charge is 0.416 e. The minimum absolute atomic E-state index is 0.101. The Morgan fingerprint density at radius 2 is 1.89 bits per heavy atom. The minimum atomic E-state index is -4.35. The van der Waals surface area contributed by atoms with Gasteiger partial charge in [-0.3, -0.25) is 0 Å². The fourth-order valence-corrected chi connectivity index (χ4v) is 4.35. The maximum atomic E-state index is 13.0.